The van der Waals surface area contributed by atoms with Crippen molar-refractivity contribution in [3.8, 4) is 6.07 Å². The molecule has 1 N–H and O–H groups in total. The zero-order valence-corrected chi connectivity index (χ0v) is 11.1. The van der Waals surface area contributed by atoms with E-state index in [9.17, 15) is 12.8 Å². The van der Waals surface area contributed by atoms with Crippen LogP contribution in [0.2, 0.25) is 0 Å². The van der Waals surface area contributed by atoms with E-state index >= 15 is 0 Å². The number of nitrogens with zero attached hydrogens (tertiary/aromatic N) is 2. The second-order valence-electron chi connectivity index (χ2n) is 3.98. The molecule has 0 amide bonds. The highest BCUT2D eigenvalue weighted by atomic mass is 32.2. The van der Waals surface area contributed by atoms with E-state index in [0.29, 0.717) is 5.56 Å². The van der Waals surface area contributed by atoms with E-state index in [4.69, 9.17) is 5.26 Å². The fourth-order valence-corrected chi connectivity index (χ4v) is 2.79. The van der Waals surface area contributed by atoms with Crippen LogP contribution in [0.4, 0.5) is 10.2 Å². The molecule has 0 saturated heterocycles. The van der Waals surface area contributed by atoms with E-state index in [1.165, 1.54) is 18.2 Å². The summed E-state index contributed by atoms with van der Waals surface area (Å²) in [6.07, 6.45) is 0. The summed E-state index contributed by atoms with van der Waals surface area (Å²) in [5.41, 5.74) is 0.656. The second kappa shape index (κ2) is 5.67. The fraction of sp³-hybridized carbons (Fsp3) is 0.0769. The van der Waals surface area contributed by atoms with Crippen molar-refractivity contribution in [3.63, 3.8) is 0 Å². The van der Waals surface area contributed by atoms with Gasteiger partial charge in [0.1, 0.15) is 5.82 Å². The number of halogens is 1. The van der Waals surface area contributed by atoms with Crippen molar-refractivity contribution in [3.05, 3.63) is 59.5 Å². The molecular weight excluding hydrogens is 281 g/mol. The molecule has 0 aliphatic rings. The van der Waals surface area contributed by atoms with Gasteiger partial charge in [-0.2, -0.15) is 9.65 Å². The number of nitriles is 1. The van der Waals surface area contributed by atoms with Crippen LogP contribution in [0.5, 0.6) is 0 Å². The summed E-state index contributed by atoms with van der Waals surface area (Å²) in [6, 6.07) is 12.1. The van der Waals surface area contributed by atoms with Crippen molar-refractivity contribution in [2.24, 2.45) is 0 Å². The summed E-state index contributed by atoms with van der Waals surface area (Å²) in [4.78, 5) is 3.42. The highest BCUT2D eigenvalue weighted by Crippen LogP contribution is 2.14. The lowest BCUT2D eigenvalue weighted by Crippen LogP contribution is -2.16. The van der Waals surface area contributed by atoms with E-state index in [1.807, 2.05) is 6.07 Å². The number of nitrogens with one attached hydrogen (secondary N) is 1. The summed E-state index contributed by atoms with van der Waals surface area (Å²) >= 11 is 0. The van der Waals surface area contributed by atoms with Crippen LogP contribution in [-0.2, 0) is 15.8 Å². The molecule has 20 heavy (non-hydrogen) atoms. The molecule has 0 aliphatic heterocycles. The van der Waals surface area contributed by atoms with Gasteiger partial charge in [0.15, 0.2) is 0 Å². The molecule has 0 bridgehead atoms. The highest BCUT2D eigenvalue weighted by molar-refractivity contribution is 7.91. The zero-order valence-electron chi connectivity index (χ0n) is 10.2. The third kappa shape index (κ3) is 3.52. The maximum Gasteiger partial charge on any atom is 0.238 e. The number of pyridine rings is 1. The minimum absolute atomic E-state index is 0.0977. The Balaban J connectivity index is 2.22. The van der Waals surface area contributed by atoms with Gasteiger partial charge in [0.2, 0.25) is 16.0 Å². The molecule has 0 spiro atoms. The number of sulfonamides is 1. The van der Waals surface area contributed by atoms with E-state index in [0.717, 1.165) is 6.07 Å². The Bertz CT molecular complexity index is 769. The number of hydrogen-bond acceptors (Lipinski definition) is 4. The second-order valence-corrected chi connectivity index (χ2v) is 5.70. The molecule has 0 unspecified atom stereocenters. The van der Waals surface area contributed by atoms with Crippen LogP contribution < -0.4 is 4.72 Å². The molecule has 0 atom stereocenters. The minimum atomic E-state index is -3.77. The number of benzene rings is 1. The summed E-state index contributed by atoms with van der Waals surface area (Å²) in [7, 11) is -3.77. The summed E-state index contributed by atoms with van der Waals surface area (Å²) in [6.45, 7) is 0. The Labute approximate surface area is 115 Å². The molecule has 102 valence electrons. The number of rotatable bonds is 4. The molecule has 5 nitrogen and oxygen atoms in total. The van der Waals surface area contributed by atoms with Crippen molar-refractivity contribution >= 4 is 15.8 Å². The largest absolute Gasteiger partial charge is 0.267 e. The smallest absolute Gasteiger partial charge is 0.238 e. The lowest BCUT2D eigenvalue weighted by Gasteiger charge is -2.08. The first kappa shape index (κ1) is 14.0. The van der Waals surface area contributed by atoms with Gasteiger partial charge in [-0.25, -0.2) is 13.4 Å². The SMILES string of the molecule is N#Cc1ccccc1CS(=O)(=O)Nc1cccc(F)n1. The predicted molar refractivity (Wildman–Crippen MR) is 71.6 cm³/mol. The lowest BCUT2D eigenvalue weighted by atomic mass is 10.1. The van der Waals surface area contributed by atoms with E-state index in [1.54, 1.807) is 18.2 Å². The summed E-state index contributed by atoms with van der Waals surface area (Å²) < 4.78 is 39.0. The molecule has 2 aromatic rings. The molecule has 0 radical (unpaired) electrons. The Morgan fingerprint density at radius 2 is 1.95 bits per heavy atom. The Morgan fingerprint density at radius 1 is 1.20 bits per heavy atom. The topological polar surface area (TPSA) is 82.8 Å². The average Bonchev–Trinajstić information content (AvgIpc) is 2.38. The van der Waals surface area contributed by atoms with Crippen molar-refractivity contribution in [2.45, 2.75) is 5.75 Å². The van der Waals surface area contributed by atoms with Crippen LogP contribution in [-0.4, -0.2) is 13.4 Å². The normalized spacial score (nSPS) is 10.8. The molecule has 0 aliphatic carbocycles. The molecule has 0 fully saturated rings. The monoisotopic (exact) mass is 291 g/mol. The van der Waals surface area contributed by atoms with Gasteiger partial charge >= 0.3 is 0 Å². The highest BCUT2D eigenvalue weighted by Gasteiger charge is 2.15. The van der Waals surface area contributed by atoms with Gasteiger partial charge in [-0.1, -0.05) is 24.3 Å². The predicted octanol–water partition coefficient (Wildman–Crippen LogP) is 2.03. The Kier molecular flexibility index (Phi) is 3.96. The van der Waals surface area contributed by atoms with Crippen molar-refractivity contribution in [2.75, 3.05) is 4.72 Å². The van der Waals surface area contributed by atoms with Crippen LogP contribution in [0, 0.1) is 17.3 Å². The van der Waals surface area contributed by atoms with Crippen LogP contribution in [0.25, 0.3) is 0 Å². The zero-order chi connectivity index (χ0) is 14.6. The Hall–Kier alpha value is -2.46. The van der Waals surface area contributed by atoms with Crippen molar-refractivity contribution in [1.29, 1.82) is 5.26 Å². The minimum Gasteiger partial charge on any atom is -0.267 e. The maximum atomic E-state index is 12.9. The van der Waals surface area contributed by atoms with Gasteiger partial charge in [0.05, 0.1) is 17.4 Å². The molecule has 1 aromatic carbocycles. The third-order valence-corrected chi connectivity index (χ3v) is 3.67. The maximum absolute atomic E-state index is 12.9. The van der Waals surface area contributed by atoms with Crippen LogP contribution >= 0.6 is 0 Å². The first-order valence-electron chi connectivity index (χ1n) is 5.61. The van der Waals surface area contributed by atoms with E-state index < -0.39 is 16.0 Å². The summed E-state index contributed by atoms with van der Waals surface area (Å²) in [5, 5.41) is 8.91. The fourth-order valence-electron chi connectivity index (χ4n) is 1.62. The van der Waals surface area contributed by atoms with Crippen LogP contribution in [0.15, 0.2) is 42.5 Å². The van der Waals surface area contributed by atoms with Gasteiger partial charge in [-0.05, 0) is 23.8 Å². The Morgan fingerprint density at radius 3 is 2.65 bits per heavy atom. The van der Waals surface area contributed by atoms with Crippen LogP contribution in [0.3, 0.4) is 0 Å². The molecule has 1 aromatic heterocycles. The quantitative estimate of drug-likeness (QED) is 0.874. The summed E-state index contributed by atoms with van der Waals surface area (Å²) in [5.74, 6) is -1.25. The standard InChI is InChI=1S/C13H10FN3O2S/c14-12-6-3-7-13(16-12)17-20(18,19)9-11-5-2-1-4-10(11)8-15/h1-7H,9H2,(H,16,17). The van der Waals surface area contributed by atoms with E-state index in [-0.39, 0.29) is 17.1 Å². The lowest BCUT2D eigenvalue weighted by molar-refractivity contribution is 0.584. The number of aromatic nitrogens is 1. The molecule has 2 rings (SSSR count). The van der Waals surface area contributed by atoms with Gasteiger partial charge in [-0.3, -0.25) is 4.72 Å². The van der Waals surface area contributed by atoms with Gasteiger partial charge in [0, 0.05) is 0 Å². The first-order chi connectivity index (χ1) is 9.50. The van der Waals surface area contributed by atoms with Gasteiger partial charge < -0.3 is 0 Å². The van der Waals surface area contributed by atoms with E-state index in [2.05, 4.69) is 9.71 Å². The molecule has 7 heteroatoms. The van der Waals surface area contributed by atoms with Gasteiger partial charge in [0.25, 0.3) is 0 Å². The van der Waals surface area contributed by atoms with Crippen LogP contribution in [0.1, 0.15) is 11.1 Å². The van der Waals surface area contributed by atoms with Crippen molar-refractivity contribution < 1.29 is 12.8 Å². The average molecular weight is 291 g/mol. The third-order valence-electron chi connectivity index (χ3n) is 2.46. The molecular formula is C13H10FN3O2S. The molecule has 1 heterocycles. The number of anilines is 1. The first-order valence-corrected chi connectivity index (χ1v) is 7.26. The van der Waals surface area contributed by atoms with Crippen molar-refractivity contribution in [1.82, 2.24) is 4.98 Å². The number of hydrogen-bond donors (Lipinski definition) is 1. The van der Waals surface area contributed by atoms with Gasteiger partial charge in [-0.15, -0.1) is 0 Å². The molecule has 0 saturated carbocycles.